The lowest BCUT2D eigenvalue weighted by molar-refractivity contribution is 0.0944. The number of aryl methyl sites for hydroxylation is 1. The van der Waals surface area contributed by atoms with Crippen molar-refractivity contribution < 1.29 is 9.21 Å². The first-order chi connectivity index (χ1) is 7.75. The normalized spacial score (nSPS) is 20.7. The van der Waals surface area contributed by atoms with Crippen LogP contribution in [0.3, 0.4) is 0 Å². The van der Waals surface area contributed by atoms with Gasteiger partial charge >= 0.3 is 0 Å². The fourth-order valence-corrected chi connectivity index (χ4v) is 2.00. The number of nitrogens with one attached hydrogen (secondary N) is 2. The van der Waals surface area contributed by atoms with Gasteiger partial charge in [0.25, 0.3) is 5.91 Å². The molecule has 1 fully saturated rings. The van der Waals surface area contributed by atoms with E-state index in [-0.39, 0.29) is 5.91 Å². The van der Waals surface area contributed by atoms with Crippen molar-refractivity contribution in [3.63, 3.8) is 0 Å². The molecule has 88 valence electrons. The van der Waals surface area contributed by atoms with Crippen molar-refractivity contribution in [2.24, 2.45) is 5.92 Å². The highest BCUT2D eigenvalue weighted by atomic mass is 16.3. The van der Waals surface area contributed by atoms with E-state index in [0.717, 1.165) is 25.4 Å². The molecular formula is C12H18N2O2. The van der Waals surface area contributed by atoms with Gasteiger partial charge in [-0.1, -0.05) is 0 Å². The number of piperidine rings is 1. The maximum absolute atomic E-state index is 11.7. The van der Waals surface area contributed by atoms with Crippen molar-refractivity contribution in [3.8, 4) is 0 Å². The van der Waals surface area contributed by atoms with E-state index in [4.69, 9.17) is 4.42 Å². The van der Waals surface area contributed by atoms with Crippen molar-refractivity contribution in [2.45, 2.75) is 19.8 Å². The molecule has 2 heterocycles. The highest BCUT2D eigenvalue weighted by Crippen LogP contribution is 2.09. The average Bonchev–Trinajstić information content (AvgIpc) is 2.74. The van der Waals surface area contributed by atoms with Gasteiger partial charge in [-0.2, -0.15) is 0 Å². The molecule has 0 bridgehead atoms. The maximum atomic E-state index is 11.7. The zero-order chi connectivity index (χ0) is 11.4. The molecule has 1 aliphatic rings. The second-order valence-corrected chi connectivity index (χ2v) is 4.37. The molecule has 1 aromatic heterocycles. The number of rotatable bonds is 3. The Balaban J connectivity index is 1.79. The largest absolute Gasteiger partial charge is 0.469 e. The Hall–Kier alpha value is -1.29. The Bertz CT molecular complexity index is 354. The predicted molar refractivity (Wildman–Crippen MR) is 61.4 cm³/mol. The van der Waals surface area contributed by atoms with Crippen LogP contribution >= 0.6 is 0 Å². The first-order valence-electron chi connectivity index (χ1n) is 5.80. The summed E-state index contributed by atoms with van der Waals surface area (Å²) in [7, 11) is 0. The summed E-state index contributed by atoms with van der Waals surface area (Å²) in [6.07, 6.45) is 3.90. The molecule has 0 spiro atoms. The van der Waals surface area contributed by atoms with E-state index in [0.29, 0.717) is 11.5 Å². The van der Waals surface area contributed by atoms with Crippen LogP contribution in [-0.4, -0.2) is 25.5 Å². The van der Waals surface area contributed by atoms with Crippen LogP contribution in [0.15, 0.2) is 16.7 Å². The van der Waals surface area contributed by atoms with Crippen LogP contribution in [0.5, 0.6) is 0 Å². The fourth-order valence-electron chi connectivity index (χ4n) is 2.00. The van der Waals surface area contributed by atoms with Gasteiger partial charge in [0, 0.05) is 6.54 Å². The molecule has 2 rings (SSSR count). The standard InChI is InChI=1S/C12H18N2O2/c1-9-5-11(8-16-9)12(15)14-7-10-3-2-4-13-6-10/h5,8,10,13H,2-4,6-7H2,1H3,(H,14,15). The topological polar surface area (TPSA) is 54.3 Å². The molecule has 1 atom stereocenters. The first-order valence-corrected chi connectivity index (χ1v) is 5.80. The summed E-state index contributed by atoms with van der Waals surface area (Å²) in [4.78, 5) is 11.7. The van der Waals surface area contributed by atoms with Crippen LogP contribution in [0.1, 0.15) is 29.0 Å². The third-order valence-corrected chi connectivity index (χ3v) is 2.94. The summed E-state index contributed by atoms with van der Waals surface area (Å²) < 4.78 is 5.10. The SMILES string of the molecule is Cc1cc(C(=O)NCC2CCCNC2)co1. The van der Waals surface area contributed by atoms with Crippen LogP contribution in [0.25, 0.3) is 0 Å². The van der Waals surface area contributed by atoms with E-state index in [1.807, 2.05) is 6.92 Å². The fraction of sp³-hybridized carbons (Fsp3) is 0.583. The zero-order valence-electron chi connectivity index (χ0n) is 9.58. The van der Waals surface area contributed by atoms with Crippen LogP contribution in [0.4, 0.5) is 0 Å². The molecule has 0 aromatic carbocycles. The molecule has 0 radical (unpaired) electrons. The second-order valence-electron chi connectivity index (χ2n) is 4.37. The number of hydrogen-bond donors (Lipinski definition) is 2. The highest BCUT2D eigenvalue weighted by Gasteiger charge is 2.15. The van der Waals surface area contributed by atoms with Crippen molar-refractivity contribution in [3.05, 3.63) is 23.7 Å². The van der Waals surface area contributed by atoms with E-state index in [1.54, 1.807) is 6.07 Å². The van der Waals surface area contributed by atoms with Crippen molar-refractivity contribution in [1.29, 1.82) is 0 Å². The number of carbonyl (C=O) groups excluding carboxylic acids is 1. The van der Waals surface area contributed by atoms with Crippen LogP contribution in [0.2, 0.25) is 0 Å². The number of carbonyl (C=O) groups is 1. The van der Waals surface area contributed by atoms with Crippen molar-refractivity contribution in [2.75, 3.05) is 19.6 Å². The summed E-state index contributed by atoms with van der Waals surface area (Å²) >= 11 is 0. The van der Waals surface area contributed by atoms with E-state index in [1.165, 1.54) is 19.1 Å². The zero-order valence-corrected chi connectivity index (χ0v) is 9.58. The summed E-state index contributed by atoms with van der Waals surface area (Å²) in [5.41, 5.74) is 0.612. The Kier molecular flexibility index (Phi) is 3.62. The molecule has 0 aliphatic carbocycles. The quantitative estimate of drug-likeness (QED) is 0.811. The number of hydrogen-bond acceptors (Lipinski definition) is 3. The van der Waals surface area contributed by atoms with Gasteiger partial charge in [0.05, 0.1) is 5.56 Å². The van der Waals surface area contributed by atoms with Gasteiger partial charge in [0.1, 0.15) is 12.0 Å². The predicted octanol–water partition coefficient (Wildman–Crippen LogP) is 1.32. The molecule has 4 heteroatoms. The number of furan rings is 1. The lowest BCUT2D eigenvalue weighted by atomic mass is 10.00. The summed E-state index contributed by atoms with van der Waals surface area (Å²) in [5.74, 6) is 1.29. The third kappa shape index (κ3) is 2.85. The first kappa shape index (κ1) is 11.2. The van der Waals surface area contributed by atoms with Gasteiger partial charge in [-0.15, -0.1) is 0 Å². The van der Waals surface area contributed by atoms with Crippen LogP contribution in [0, 0.1) is 12.8 Å². The lowest BCUT2D eigenvalue weighted by Crippen LogP contribution is -2.38. The Labute approximate surface area is 95.4 Å². The van der Waals surface area contributed by atoms with E-state index >= 15 is 0 Å². The van der Waals surface area contributed by atoms with Gasteiger partial charge in [-0.3, -0.25) is 4.79 Å². The smallest absolute Gasteiger partial charge is 0.254 e. The van der Waals surface area contributed by atoms with E-state index in [9.17, 15) is 4.79 Å². The van der Waals surface area contributed by atoms with Gasteiger partial charge in [-0.25, -0.2) is 0 Å². The minimum atomic E-state index is -0.0394. The van der Waals surface area contributed by atoms with Crippen molar-refractivity contribution >= 4 is 5.91 Å². The molecule has 1 aromatic rings. The third-order valence-electron chi connectivity index (χ3n) is 2.94. The van der Waals surface area contributed by atoms with Gasteiger partial charge in [-0.05, 0) is 44.8 Å². The molecule has 1 aliphatic heterocycles. The lowest BCUT2D eigenvalue weighted by Gasteiger charge is -2.22. The van der Waals surface area contributed by atoms with Crippen LogP contribution < -0.4 is 10.6 Å². The van der Waals surface area contributed by atoms with Crippen LogP contribution in [-0.2, 0) is 0 Å². The Morgan fingerprint density at radius 3 is 3.19 bits per heavy atom. The Morgan fingerprint density at radius 1 is 1.69 bits per heavy atom. The Morgan fingerprint density at radius 2 is 2.56 bits per heavy atom. The molecule has 2 N–H and O–H groups in total. The second kappa shape index (κ2) is 5.16. The maximum Gasteiger partial charge on any atom is 0.254 e. The molecule has 1 saturated heterocycles. The van der Waals surface area contributed by atoms with Gasteiger partial charge < -0.3 is 15.1 Å². The molecule has 0 saturated carbocycles. The summed E-state index contributed by atoms with van der Waals surface area (Å²) in [6, 6.07) is 1.76. The van der Waals surface area contributed by atoms with Gasteiger partial charge in [0.2, 0.25) is 0 Å². The summed E-state index contributed by atoms with van der Waals surface area (Å²) in [6.45, 7) is 4.69. The monoisotopic (exact) mass is 222 g/mol. The average molecular weight is 222 g/mol. The molecule has 1 amide bonds. The molecule has 4 nitrogen and oxygen atoms in total. The molecule has 1 unspecified atom stereocenters. The van der Waals surface area contributed by atoms with E-state index in [2.05, 4.69) is 10.6 Å². The molecule has 16 heavy (non-hydrogen) atoms. The highest BCUT2D eigenvalue weighted by molar-refractivity contribution is 5.93. The minimum absolute atomic E-state index is 0.0394. The minimum Gasteiger partial charge on any atom is -0.469 e. The molecular weight excluding hydrogens is 204 g/mol. The van der Waals surface area contributed by atoms with E-state index < -0.39 is 0 Å². The number of amides is 1. The van der Waals surface area contributed by atoms with Crippen molar-refractivity contribution in [1.82, 2.24) is 10.6 Å². The van der Waals surface area contributed by atoms with Gasteiger partial charge in [0.15, 0.2) is 0 Å². The summed E-state index contributed by atoms with van der Waals surface area (Å²) in [5, 5.41) is 6.28.